The fourth-order valence-corrected chi connectivity index (χ4v) is 3.56. The number of Topliss-reactive ketones (excluding diaryl/α,β-unsaturated/α-hetero) is 1. The van der Waals surface area contributed by atoms with E-state index in [1.165, 1.54) is 0 Å². The highest BCUT2D eigenvalue weighted by atomic mass is 16.4. The van der Waals surface area contributed by atoms with Crippen molar-refractivity contribution in [1.29, 1.82) is 0 Å². The van der Waals surface area contributed by atoms with E-state index in [1.807, 2.05) is 13.8 Å². The number of rotatable bonds is 7. The van der Waals surface area contributed by atoms with Gasteiger partial charge in [-0.1, -0.05) is 27.2 Å². The van der Waals surface area contributed by atoms with Gasteiger partial charge in [0, 0.05) is 31.6 Å². The number of fused-ring (bicyclic) bond motifs is 1. The monoisotopic (exact) mass is 335 g/mol. The summed E-state index contributed by atoms with van der Waals surface area (Å²) in [5, 5.41) is 12.0. The van der Waals surface area contributed by atoms with Crippen LogP contribution in [0.5, 0.6) is 0 Å². The van der Waals surface area contributed by atoms with Crippen molar-refractivity contribution in [3.8, 4) is 0 Å². The van der Waals surface area contributed by atoms with Crippen molar-refractivity contribution < 1.29 is 19.1 Å². The lowest BCUT2D eigenvalue weighted by molar-refractivity contribution is 0.0885. The van der Waals surface area contributed by atoms with Crippen LogP contribution < -0.4 is 5.32 Å². The molecule has 0 aliphatic heterocycles. The van der Waals surface area contributed by atoms with E-state index in [0.717, 1.165) is 12.8 Å². The number of furan rings is 1. The number of ketones is 1. The van der Waals surface area contributed by atoms with Crippen molar-refractivity contribution in [2.45, 2.75) is 59.8 Å². The molecule has 1 unspecified atom stereocenters. The van der Waals surface area contributed by atoms with E-state index in [4.69, 9.17) is 9.52 Å². The Hall–Kier alpha value is -1.62. The molecule has 0 bridgehead atoms. The number of amides is 1. The SMILES string of the molecule is CCCC(CCO)CNC(=O)c1oc2c(c1C)C(=O)CC(C)(C)C2. The maximum absolute atomic E-state index is 12.5. The summed E-state index contributed by atoms with van der Waals surface area (Å²) in [6.07, 6.45) is 3.80. The molecule has 1 amide bonds. The van der Waals surface area contributed by atoms with Gasteiger partial charge >= 0.3 is 0 Å². The molecule has 1 heterocycles. The molecule has 1 aliphatic rings. The summed E-state index contributed by atoms with van der Waals surface area (Å²) in [6.45, 7) is 8.58. The number of aliphatic hydroxyl groups excluding tert-OH is 1. The second kappa shape index (κ2) is 7.51. The third-order valence-electron chi connectivity index (χ3n) is 4.77. The van der Waals surface area contributed by atoms with Crippen LogP contribution in [0.3, 0.4) is 0 Å². The van der Waals surface area contributed by atoms with E-state index in [0.29, 0.717) is 42.7 Å². The van der Waals surface area contributed by atoms with Gasteiger partial charge in [-0.2, -0.15) is 0 Å². The summed E-state index contributed by atoms with van der Waals surface area (Å²) in [7, 11) is 0. The summed E-state index contributed by atoms with van der Waals surface area (Å²) in [4.78, 5) is 24.9. The molecular formula is C19H29NO4. The lowest BCUT2D eigenvalue weighted by Gasteiger charge is -2.27. The van der Waals surface area contributed by atoms with Crippen molar-refractivity contribution in [3.05, 3.63) is 22.6 Å². The summed E-state index contributed by atoms with van der Waals surface area (Å²) < 4.78 is 5.77. The van der Waals surface area contributed by atoms with E-state index >= 15 is 0 Å². The van der Waals surface area contributed by atoms with Gasteiger partial charge in [0.15, 0.2) is 11.5 Å². The Labute approximate surface area is 143 Å². The predicted octanol–water partition coefficient (Wildman–Crippen LogP) is 3.27. The van der Waals surface area contributed by atoms with E-state index in [2.05, 4.69) is 12.2 Å². The summed E-state index contributed by atoms with van der Waals surface area (Å²) in [5.74, 6) is 0.941. The van der Waals surface area contributed by atoms with Gasteiger partial charge in [0.05, 0.1) is 5.56 Å². The number of hydrogen-bond donors (Lipinski definition) is 2. The first kappa shape index (κ1) is 18.7. The number of aliphatic hydroxyl groups is 1. The van der Waals surface area contributed by atoms with Gasteiger partial charge in [-0.25, -0.2) is 0 Å². The molecule has 2 N–H and O–H groups in total. The summed E-state index contributed by atoms with van der Waals surface area (Å²) in [6, 6.07) is 0. The van der Waals surface area contributed by atoms with Gasteiger partial charge in [-0.15, -0.1) is 0 Å². The highest BCUT2D eigenvalue weighted by Crippen LogP contribution is 2.38. The highest BCUT2D eigenvalue weighted by molar-refractivity contribution is 6.03. The largest absolute Gasteiger partial charge is 0.455 e. The van der Waals surface area contributed by atoms with Gasteiger partial charge in [0.1, 0.15) is 5.76 Å². The van der Waals surface area contributed by atoms with Crippen LogP contribution in [0, 0.1) is 18.3 Å². The second-order valence-corrected chi connectivity index (χ2v) is 7.67. The van der Waals surface area contributed by atoms with Gasteiger partial charge in [-0.3, -0.25) is 9.59 Å². The minimum absolute atomic E-state index is 0.0608. The van der Waals surface area contributed by atoms with Gasteiger partial charge in [-0.05, 0) is 31.1 Å². The van der Waals surface area contributed by atoms with Crippen LogP contribution in [-0.2, 0) is 6.42 Å². The van der Waals surface area contributed by atoms with E-state index in [1.54, 1.807) is 6.92 Å². The predicted molar refractivity (Wildman–Crippen MR) is 92.3 cm³/mol. The molecule has 1 aliphatic carbocycles. The van der Waals surface area contributed by atoms with Gasteiger partial charge < -0.3 is 14.8 Å². The van der Waals surface area contributed by atoms with Crippen molar-refractivity contribution >= 4 is 11.7 Å². The first-order valence-electron chi connectivity index (χ1n) is 8.83. The minimum atomic E-state index is -0.272. The molecule has 0 aromatic carbocycles. The Morgan fingerprint density at radius 3 is 2.67 bits per heavy atom. The normalized spacial score (nSPS) is 17.5. The molecule has 5 nitrogen and oxygen atoms in total. The molecular weight excluding hydrogens is 306 g/mol. The number of carbonyl (C=O) groups is 2. The molecule has 0 saturated carbocycles. The Kier molecular flexibility index (Phi) is 5.86. The molecule has 1 aromatic heterocycles. The quantitative estimate of drug-likeness (QED) is 0.801. The van der Waals surface area contributed by atoms with E-state index < -0.39 is 0 Å². The van der Waals surface area contributed by atoms with Crippen LogP contribution in [0.25, 0.3) is 0 Å². The van der Waals surface area contributed by atoms with Crippen molar-refractivity contribution in [3.63, 3.8) is 0 Å². The van der Waals surface area contributed by atoms with Crippen LogP contribution in [0.4, 0.5) is 0 Å². The zero-order chi connectivity index (χ0) is 17.9. The van der Waals surface area contributed by atoms with Crippen LogP contribution >= 0.6 is 0 Å². The fourth-order valence-electron chi connectivity index (χ4n) is 3.56. The van der Waals surface area contributed by atoms with Crippen LogP contribution in [0.1, 0.15) is 78.7 Å². The molecule has 0 saturated heterocycles. The van der Waals surface area contributed by atoms with Gasteiger partial charge in [0.2, 0.25) is 0 Å². The minimum Gasteiger partial charge on any atom is -0.455 e. The summed E-state index contributed by atoms with van der Waals surface area (Å²) >= 11 is 0. The topological polar surface area (TPSA) is 79.5 Å². The lowest BCUT2D eigenvalue weighted by Crippen LogP contribution is -2.30. The fraction of sp³-hybridized carbons (Fsp3) is 0.684. The van der Waals surface area contributed by atoms with Crippen molar-refractivity contribution in [2.75, 3.05) is 13.2 Å². The third-order valence-corrected chi connectivity index (χ3v) is 4.77. The molecule has 0 spiro atoms. The van der Waals surface area contributed by atoms with Crippen LogP contribution in [0.2, 0.25) is 0 Å². The highest BCUT2D eigenvalue weighted by Gasteiger charge is 2.37. The van der Waals surface area contributed by atoms with E-state index in [9.17, 15) is 9.59 Å². The first-order chi connectivity index (χ1) is 11.3. The molecule has 1 aromatic rings. The number of nitrogens with one attached hydrogen (secondary N) is 1. The molecule has 1 atom stereocenters. The average molecular weight is 335 g/mol. The molecule has 2 rings (SSSR count). The standard InChI is InChI=1S/C19H29NO4/c1-5-6-13(7-8-21)11-20-18(23)17-12(2)16-14(22)9-19(3,4)10-15(16)24-17/h13,21H,5-11H2,1-4H3,(H,20,23). The average Bonchev–Trinajstić information content (AvgIpc) is 2.80. The van der Waals surface area contributed by atoms with Gasteiger partial charge in [0.25, 0.3) is 5.91 Å². The molecule has 0 radical (unpaired) electrons. The van der Waals surface area contributed by atoms with E-state index in [-0.39, 0.29) is 35.4 Å². The Bertz CT molecular complexity index is 609. The Morgan fingerprint density at radius 2 is 2.04 bits per heavy atom. The lowest BCUT2D eigenvalue weighted by atomic mass is 9.76. The molecule has 0 fully saturated rings. The van der Waals surface area contributed by atoms with Crippen molar-refractivity contribution in [2.24, 2.45) is 11.3 Å². The zero-order valence-corrected chi connectivity index (χ0v) is 15.2. The van der Waals surface area contributed by atoms with Crippen LogP contribution in [-0.4, -0.2) is 29.9 Å². The molecule has 134 valence electrons. The third kappa shape index (κ3) is 4.07. The maximum Gasteiger partial charge on any atom is 0.287 e. The van der Waals surface area contributed by atoms with Crippen molar-refractivity contribution in [1.82, 2.24) is 5.32 Å². The zero-order valence-electron chi connectivity index (χ0n) is 15.2. The number of carbonyl (C=O) groups excluding carboxylic acids is 2. The Balaban J connectivity index is 2.12. The molecule has 24 heavy (non-hydrogen) atoms. The smallest absolute Gasteiger partial charge is 0.287 e. The maximum atomic E-state index is 12.5. The Morgan fingerprint density at radius 1 is 1.33 bits per heavy atom. The van der Waals surface area contributed by atoms with Crippen LogP contribution in [0.15, 0.2) is 4.42 Å². The second-order valence-electron chi connectivity index (χ2n) is 7.67. The number of hydrogen-bond acceptors (Lipinski definition) is 4. The molecule has 5 heteroatoms. The summed E-state index contributed by atoms with van der Waals surface area (Å²) in [5.41, 5.74) is 1.12. The first-order valence-corrected chi connectivity index (χ1v) is 8.83.